The van der Waals surface area contributed by atoms with Crippen LogP contribution in [0.2, 0.25) is 0 Å². The summed E-state index contributed by atoms with van der Waals surface area (Å²) in [7, 11) is 0. The van der Waals surface area contributed by atoms with E-state index in [9.17, 15) is 0 Å². The molecule has 0 aromatic heterocycles. The molecule has 1 unspecified atom stereocenters. The number of hydrogen-bond acceptors (Lipinski definition) is 3. The third-order valence-electron chi connectivity index (χ3n) is 4.30. The molecule has 0 aliphatic carbocycles. The van der Waals surface area contributed by atoms with Crippen molar-refractivity contribution in [3.05, 3.63) is 28.8 Å². The van der Waals surface area contributed by atoms with Gasteiger partial charge in [-0.3, -0.25) is 4.90 Å². The Kier molecular flexibility index (Phi) is 3.76. The van der Waals surface area contributed by atoms with E-state index in [1.807, 2.05) is 0 Å². The van der Waals surface area contributed by atoms with E-state index in [-0.39, 0.29) is 0 Å². The Bertz CT molecular complexity index is 452. The van der Waals surface area contributed by atoms with E-state index in [1.54, 1.807) is 0 Å². The van der Waals surface area contributed by atoms with Gasteiger partial charge in [-0.2, -0.15) is 0 Å². The molecule has 104 valence electrons. The van der Waals surface area contributed by atoms with Gasteiger partial charge in [-0.15, -0.1) is 0 Å². The fourth-order valence-electron chi connectivity index (χ4n) is 3.45. The lowest BCUT2D eigenvalue weighted by Crippen LogP contribution is -2.45. The summed E-state index contributed by atoms with van der Waals surface area (Å²) in [6.45, 7) is 9.76. The number of nitrogens with zero attached hydrogens (tertiary/aromatic N) is 1. The van der Waals surface area contributed by atoms with Gasteiger partial charge in [0, 0.05) is 37.8 Å². The molecule has 1 fully saturated rings. The van der Waals surface area contributed by atoms with E-state index in [4.69, 9.17) is 4.74 Å². The van der Waals surface area contributed by atoms with Gasteiger partial charge in [-0.25, -0.2) is 0 Å². The Labute approximate surface area is 115 Å². The van der Waals surface area contributed by atoms with Crippen molar-refractivity contribution in [1.82, 2.24) is 10.2 Å². The molecule has 0 bridgehead atoms. The number of nitrogens with one attached hydrogen (secondary N) is 1. The molecule has 3 heteroatoms. The zero-order chi connectivity index (χ0) is 13.2. The normalized spacial score (nSPS) is 24.4. The molecule has 0 saturated carbocycles. The Balaban J connectivity index is 1.97. The number of rotatable bonds is 1. The number of hydrogen-bond donors (Lipinski definition) is 1. The molecule has 0 radical (unpaired) electrons. The minimum Gasteiger partial charge on any atom is -0.493 e. The molecule has 1 atom stereocenters. The van der Waals surface area contributed by atoms with Crippen molar-refractivity contribution in [2.75, 3.05) is 32.8 Å². The third-order valence-corrected chi connectivity index (χ3v) is 4.30. The molecule has 0 amide bonds. The van der Waals surface area contributed by atoms with Gasteiger partial charge in [-0.1, -0.05) is 6.07 Å². The van der Waals surface area contributed by atoms with Crippen LogP contribution in [0.5, 0.6) is 5.75 Å². The molecule has 2 heterocycles. The van der Waals surface area contributed by atoms with Crippen LogP contribution in [0, 0.1) is 13.8 Å². The average molecular weight is 260 g/mol. The van der Waals surface area contributed by atoms with Crippen LogP contribution in [0.4, 0.5) is 0 Å². The van der Waals surface area contributed by atoms with Gasteiger partial charge in [0.1, 0.15) is 5.75 Å². The quantitative estimate of drug-likeness (QED) is 0.839. The molecule has 2 aliphatic heterocycles. The number of piperazine rings is 1. The highest BCUT2D eigenvalue weighted by atomic mass is 16.5. The predicted octanol–water partition coefficient (Wildman–Crippen LogP) is 2.42. The molecule has 19 heavy (non-hydrogen) atoms. The van der Waals surface area contributed by atoms with E-state index < -0.39 is 0 Å². The van der Waals surface area contributed by atoms with Gasteiger partial charge >= 0.3 is 0 Å². The lowest BCUT2D eigenvalue weighted by molar-refractivity contribution is 0.165. The minimum absolute atomic E-state index is 0.542. The van der Waals surface area contributed by atoms with Crippen LogP contribution in [0.1, 0.15) is 35.6 Å². The van der Waals surface area contributed by atoms with Crippen molar-refractivity contribution in [3.63, 3.8) is 0 Å². The van der Waals surface area contributed by atoms with E-state index >= 15 is 0 Å². The molecule has 2 aliphatic rings. The lowest BCUT2D eigenvalue weighted by atomic mass is 9.94. The zero-order valence-corrected chi connectivity index (χ0v) is 12.0. The zero-order valence-electron chi connectivity index (χ0n) is 12.0. The smallest absolute Gasteiger partial charge is 0.124 e. The van der Waals surface area contributed by atoms with Crippen LogP contribution >= 0.6 is 0 Å². The highest BCUT2D eigenvalue weighted by Crippen LogP contribution is 2.38. The molecular formula is C16H24N2O. The largest absolute Gasteiger partial charge is 0.493 e. The molecule has 3 nitrogen and oxygen atoms in total. The van der Waals surface area contributed by atoms with Crippen LogP contribution in [0.15, 0.2) is 12.1 Å². The maximum Gasteiger partial charge on any atom is 0.124 e. The number of fused-ring (bicyclic) bond motifs is 1. The van der Waals surface area contributed by atoms with Crippen molar-refractivity contribution >= 4 is 0 Å². The predicted molar refractivity (Wildman–Crippen MR) is 77.8 cm³/mol. The molecule has 0 spiro atoms. The molecule has 1 aromatic carbocycles. The maximum atomic E-state index is 5.99. The molecule has 3 rings (SSSR count). The second kappa shape index (κ2) is 5.51. The first-order valence-corrected chi connectivity index (χ1v) is 7.44. The summed E-state index contributed by atoms with van der Waals surface area (Å²) in [6, 6.07) is 5.05. The number of aryl methyl sites for hydroxylation is 2. The fraction of sp³-hybridized carbons (Fsp3) is 0.625. The van der Waals surface area contributed by atoms with E-state index in [0.29, 0.717) is 6.04 Å². The van der Waals surface area contributed by atoms with Crippen molar-refractivity contribution in [1.29, 1.82) is 0 Å². The van der Waals surface area contributed by atoms with E-state index in [2.05, 4.69) is 36.2 Å². The fourth-order valence-corrected chi connectivity index (χ4v) is 3.45. The standard InChI is InChI=1S/C16H24N2O/c1-12-10-13(2)16-14(18-7-5-17-6-8-18)4-3-9-19-15(16)11-12/h10-11,14,17H,3-9H2,1-2H3. The first-order valence-electron chi connectivity index (χ1n) is 7.44. The first kappa shape index (κ1) is 12.9. The van der Waals surface area contributed by atoms with Crippen LogP contribution in [0.25, 0.3) is 0 Å². The highest BCUT2D eigenvalue weighted by molar-refractivity contribution is 5.45. The van der Waals surface area contributed by atoms with Crippen molar-refractivity contribution in [3.8, 4) is 5.75 Å². The summed E-state index contributed by atoms with van der Waals surface area (Å²) in [5.74, 6) is 1.12. The van der Waals surface area contributed by atoms with Crippen molar-refractivity contribution in [2.45, 2.75) is 32.7 Å². The monoisotopic (exact) mass is 260 g/mol. The van der Waals surface area contributed by atoms with E-state index in [0.717, 1.165) is 45.0 Å². The van der Waals surface area contributed by atoms with Crippen LogP contribution < -0.4 is 10.1 Å². The Hall–Kier alpha value is -1.06. The Morgan fingerprint density at radius 1 is 1.21 bits per heavy atom. The maximum absolute atomic E-state index is 5.99. The minimum atomic E-state index is 0.542. The number of benzene rings is 1. The van der Waals surface area contributed by atoms with Gasteiger partial charge in [-0.05, 0) is 43.9 Å². The van der Waals surface area contributed by atoms with Gasteiger partial charge in [0.05, 0.1) is 6.61 Å². The summed E-state index contributed by atoms with van der Waals surface area (Å²) in [6.07, 6.45) is 2.37. The van der Waals surface area contributed by atoms with Crippen LogP contribution in [0.3, 0.4) is 0 Å². The van der Waals surface area contributed by atoms with Gasteiger partial charge in [0.2, 0.25) is 0 Å². The summed E-state index contributed by atoms with van der Waals surface area (Å²) in [5, 5.41) is 3.44. The van der Waals surface area contributed by atoms with Gasteiger partial charge < -0.3 is 10.1 Å². The first-order chi connectivity index (χ1) is 9.25. The topological polar surface area (TPSA) is 24.5 Å². The Morgan fingerprint density at radius 2 is 2.00 bits per heavy atom. The number of ether oxygens (including phenoxy) is 1. The molecule has 1 aromatic rings. The Morgan fingerprint density at radius 3 is 2.79 bits per heavy atom. The second-order valence-electron chi connectivity index (χ2n) is 5.79. The van der Waals surface area contributed by atoms with Crippen molar-refractivity contribution in [2.24, 2.45) is 0 Å². The van der Waals surface area contributed by atoms with Gasteiger partial charge in [0.15, 0.2) is 0 Å². The summed E-state index contributed by atoms with van der Waals surface area (Å²) >= 11 is 0. The summed E-state index contributed by atoms with van der Waals surface area (Å²) < 4.78 is 5.99. The molecule has 1 saturated heterocycles. The van der Waals surface area contributed by atoms with Crippen molar-refractivity contribution < 1.29 is 4.74 Å². The molecular weight excluding hydrogens is 236 g/mol. The third kappa shape index (κ3) is 2.63. The van der Waals surface area contributed by atoms with Gasteiger partial charge in [0.25, 0.3) is 0 Å². The van der Waals surface area contributed by atoms with E-state index in [1.165, 1.54) is 23.1 Å². The lowest BCUT2D eigenvalue weighted by Gasteiger charge is -2.35. The summed E-state index contributed by atoms with van der Waals surface area (Å²) in [5.41, 5.74) is 4.13. The average Bonchev–Trinajstić information content (AvgIpc) is 2.62. The van der Waals surface area contributed by atoms with Crippen LogP contribution in [-0.2, 0) is 0 Å². The summed E-state index contributed by atoms with van der Waals surface area (Å²) in [4.78, 5) is 2.63. The second-order valence-corrected chi connectivity index (χ2v) is 5.79. The SMILES string of the molecule is Cc1cc(C)c2c(c1)OCCCC2N1CCNCC1. The van der Waals surface area contributed by atoms with Crippen LogP contribution in [-0.4, -0.2) is 37.7 Å². The highest BCUT2D eigenvalue weighted by Gasteiger charge is 2.28. The molecule has 1 N–H and O–H groups in total.